The topological polar surface area (TPSA) is 92.8 Å². The molecule has 0 radical (unpaired) electrons. The first-order chi connectivity index (χ1) is 3.06. The van der Waals surface area contributed by atoms with Gasteiger partial charge < -0.3 is 16.9 Å². The van der Waals surface area contributed by atoms with Gasteiger partial charge in [-0.2, -0.15) is 0 Å². The van der Waals surface area contributed by atoms with Gasteiger partial charge in [-0.1, -0.05) is 0 Å². The average molecular weight is 135 g/mol. The Hall–Kier alpha value is 0.667. The second kappa shape index (κ2) is 4.54. The Bertz CT molecular complexity index is 94.6. The molecule has 0 amide bonds. The summed E-state index contributed by atoms with van der Waals surface area (Å²) in [5.41, 5.74) is 4.60. The molecule has 0 aliphatic rings. The molecule has 0 aliphatic heterocycles. The van der Waals surface area contributed by atoms with Crippen LogP contribution in [0.2, 0.25) is 0 Å². The Labute approximate surface area is 60.1 Å². The minimum Gasteiger partial charge on any atom is -1.00 e. The normalized spacial score (nSPS) is 10.4. The van der Waals surface area contributed by atoms with Crippen LogP contribution in [0.15, 0.2) is 0 Å². The van der Waals surface area contributed by atoms with Gasteiger partial charge in [-0.3, -0.25) is 4.52 Å². The third-order valence-electron chi connectivity index (χ3n) is 0.243. The molecular weight excluding hydrogens is 128 g/mol. The van der Waals surface area contributed by atoms with Gasteiger partial charge >= 0.3 is 26.7 Å². The molecule has 46 valence electrons. The summed E-state index contributed by atoms with van der Waals surface area (Å²) in [4.78, 5) is 15.7. The van der Waals surface area contributed by atoms with Crippen molar-refractivity contribution in [3.63, 3.8) is 0 Å². The Morgan fingerprint density at radius 3 is 2.12 bits per heavy atom. The third-order valence-corrected chi connectivity index (χ3v) is 0.728. The summed E-state index contributed by atoms with van der Waals surface area (Å²) in [6.07, 6.45) is 0. The molecule has 0 fully saturated rings. The maximum atomic E-state index is 9.62. The molecule has 7 heteroatoms. The maximum Gasteiger partial charge on any atom is 1.00 e. The summed E-state index contributed by atoms with van der Waals surface area (Å²) in [6.45, 7) is -0.454. The number of nitrogens with two attached hydrogens (primary N) is 1. The Morgan fingerprint density at radius 1 is 1.75 bits per heavy atom. The van der Waals surface area contributed by atoms with Crippen molar-refractivity contribution in [2.45, 2.75) is 0 Å². The Kier molecular flexibility index (Phi) is 6.50. The van der Waals surface area contributed by atoms with Crippen LogP contribution in [0.3, 0.4) is 0 Å². The van der Waals surface area contributed by atoms with Crippen LogP contribution in [0.5, 0.6) is 0 Å². The van der Waals surface area contributed by atoms with Crippen molar-refractivity contribution in [1.82, 2.24) is 0 Å². The smallest absolute Gasteiger partial charge is 1.00 e. The van der Waals surface area contributed by atoms with E-state index in [0.717, 1.165) is 0 Å². The molecule has 0 atom stereocenters. The van der Waals surface area contributed by atoms with Crippen molar-refractivity contribution >= 4 is 7.82 Å². The molecule has 0 rings (SSSR count). The van der Waals surface area contributed by atoms with Crippen molar-refractivity contribution in [2.75, 3.05) is 6.73 Å². The molecule has 4 N–H and O–H groups in total. The number of phosphoric ester groups is 1. The number of phosphoric acid groups is 1. The molecule has 0 aromatic heterocycles. The van der Waals surface area contributed by atoms with E-state index in [-0.39, 0.29) is 20.3 Å². The number of rotatable bonds is 2. The standard InChI is InChI=1S/CH6NO4P.Li.H/c2-1-6-7(3,4)5;;/h1-2H2,(H2,3,4,5);;/q;+1;-1. The fourth-order valence-electron chi connectivity index (χ4n) is 0.0971. The van der Waals surface area contributed by atoms with Crippen LogP contribution >= 0.6 is 7.82 Å². The van der Waals surface area contributed by atoms with E-state index in [9.17, 15) is 4.57 Å². The van der Waals surface area contributed by atoms with Gasteiger partial charge in [0.25, 0.3) is 0 Å². The van der Waals surface area contributed by atoms with Gasteiger partial charge in [0.1, 0.15) is 6.73 Å². The van der Waals surface area contributed by atoms with Crippen LogP contribution in [-0.4, -0.2) is 16.5 Å². The van der Waals surface area contributed by atoms with Crippen LogP contribution in [0.1, 0.15) is 1.43 Å². The molecule has 0 aromatic carbocycles. The quantitative estimate of drug-likeness (QED) is 0.204. The third kappa shape index (κ3) is 9.83. The molecule has 0 unspecified atom stereocenters. The minimum absolute atomic E-state index is 0. The van der Waals surface area contributed by atoms with Crippen LogP contribution in [0.4, 0.5) is 0 Å². The fraction of sp³-hybridized carbons (Fsp3) is 1.00. The maximum absolute atomic E-state index is 9.62. The molecule has 0 saturated heterocycles. The summed E-state index contributed by atoms with van der Waals surface area (Å²) in [6, 6.07) is 0. The van der Waals surface area contributed by atoms with Gasteiger partial charge in [0.05, 0.1) is 0 Å². The van der Waals surface area contributed by atoms with Gasteiger partial charge in [0.15, 0.2) is 0 Å². The summed E-state index contributed by atoms with van der Waals surface area (Å²) >= 11 is 0. The molecule has 5 nitrogen and oxygen atoms in total. The summed E-state index contributed by atoms with van der Waals surface area (Å²) in [5.74, 6) is 0. The second-order valence-corrected chi connectivity index (χ2v) is 2.03. The van der Waals surface area contributed by atoms with Crippen LogP contribution in [0.25, 0.3) is 0 Å². The largest absolute Gasteiger partial charge is 1.00 e. The average Bonchev–Trinajstić information content (AvgIpc) is 1.30. The minimum atomic E-state index is -4.29. The van der Waals surface area contributed by atoms with Crippen molar-refractivity contribution in [3.05, 3.63) is 0 Å². The molecule has 0 aliphatic carbocycles. The first-order valence-corrected chi connectivity index (χ1v) is 2.99. The molecular formula is CH7LiNO4P. The molecule has 0 bridgehead atoms. The predicted octanol–water partition coefficient (Wildman–Crippen LogP) is -3.87. The first kappa shape index (κ1) is 11.5. The fourth-order valence-corrected chi connectivity index (χ4v) is 0.291. The van der Waals surface area contributed by atoms with Gasteiger partial charge in [-0.25, -0.2) is 4.57 Å². The van der Waals surface area contributed by atoms with Crippen LogP contribution < -0.4 is 24.6 Å². The van der Waals surface area contributed by atoms with Crippen LogP contribution in [-0.2, 0) is 9.09 Å². The SMILES string of the molecule is NCOP(=O)(O)O.[H-].[Li+]. The first-order valence-electron chi connectivity index (χ1n) is 1.46. The molecule has 0 heterocycles. The molecule has 0 spiro atoms. The second-order valence-electron chi connectivity index (χ2n) is 0.786. The van der Waals surface area contributed by atoms with Gasteiger partial charge in [0, 0.05) is 0 Å². The van der Waals surface area contributed by atoms with Gasteiger partial charge in [-0.15, -0.1) is 0 Å². The van der Waals surface area contributed by atoms with Gasteiger partial charge in [0.2, 0.25) is 0 Å². The van der Waals surface area contributed by atoms with E-state index in [1.54, 1.807) is 0 Å². The van der Waals surface area contributed by atoms with Gasteiger partial charge in [-0.05, 0) is 0 Å². The summed E-state index contributed by atoms with van der Waals surface area (Å²) < 4.78 is 13.3. The number of hydrogen-bond acceptors (Lipinski definition) is 3. The molecule has 0 saturated carbocycles. The van der Waals surface area contributed by atoms with Crippen molar-refractivity contribution < 1.29 is 39.2 Å². The zero-order valence-corrected chi connectivity index (χ0v) is 5.34. The van der Waals surface area contributed by atoms with E-state index in [2.05, 4.69) is 10.3 Å². The molecule has 8 heavy (non-hydrogen) atoms. The van der Waals surface area contributed by atoms with Crippen molar-refractivity contribution in [2.24, 2.45) is 5.73 Å². The zero-order chi connectivity index (χ0) is 5.91. The number of hydrogen-bond donors (Lipinski definition) is 3. The van der Waals surface area contributed by atoms with Crippen molar-refractivity contribution in [3.8, 4) is 0 Å². The van der Waals surface area contributed by atoms with Crippen LogP contribution in [0, 0.1) is 0 Å². The van der Waals surface area contributed by atoms with E-state index in [0.29, 0.717) is 0 Å². The summed E-state index contributed by atoms with van der Waals surface area (Å²) in [5, 5.41) is 0. The van der Waals surface area contributed by atoms with E-state index in [1.165, 1.54) is 0 Å². The van der Waals surface area contributed by atoms with E-state index in [1.807, 2.05) is 0 Å². The zero-order valence-electron chi connectivity index (χ0n) is 5.44. The predicted molar refractivity (Wildman–Crippen MR) is 23.3 cm³/mol. The Balaban J connectivity index is -0.000000180. The van der Waals surface area contributed by atoms with E-state index < -0.39 is 14.6 Å². The summed E-state index contributed by atoms with van der Waals surface area (Å²) in [7, 11) is -4.29. The van der Waals surface area contributed by atoms with E-state index in [4.69, 9.17) is 9.79 Å². The van der Waals surface area contributed by atoms with E-state index >= 15 is 0 Å². The van der Waals surface area contributed by atoms with Crippen molar-refractivity contribution in [1.29, 1.82) is 0 Å². The Morgan fingerprint density at radius 2 is 2.12 bits per heavy atom. The monoisotopic (exact) mass is 135 g/mol. The molecule has 0 aromatic rings.